The van der Waals surface area contributed by atoms with Crippen molar-refractivity contribution < 1.29 is 4.79 Å². The van der Waals surface area contributed by atoms with Crippen LogP contribution in [0, 0.1) is 11.3 Å². The van der Waals surface area contributed by atoms with Gasteiger partial charge in [-0.3, -0.25) is 14.7 Å². The summed E-state index contributed by atoms with van der Waals surface area (Å²) in [4.78, 5) is 19.7. The van der Waals surface area contributed by atoms with E-state index in [1.807, 2.05) is 54.6 Å². The molecule has 0 saturated heterocycles. The molecular weight excluding hydrogens is 432 g/mol. The molecular formula is C27H21ClN4O. The summed E-state index contributed by atoms with van der Waals surface area (Å²) >= 11 is 6.57. The van der Waals surface area contributed by atoms with Crippen molar-refractivity contribution in [2.45, 2.75) is 24.7 Å². The number of pyridine rings is 1. The van der Waals surface area contributed by atoms with Crippen molar-refractivity contribution in [3.63, 3.8) is 0 Å². The van der Waals surface area contributed by atoms with Gasteiger partial charge in [0, 0.05) is 30.1 Å². The Morgan fingerprint density at radius 1 is 1.00 bits per heavy atom. The van der Waals surface area contributed by atoms with Gasteiger partial charge in [0.2, 0.25) is 0 Å². The van der Waals surface area contributed by atoms with Crippen LogP contribution < -0.4 is 10.6 Å². The maximum Gasteiger partial charge on any atom is 0.162 e. The van der Waals surface area contributed by atoms with Crippen molar-refractivity contribution in [2.75, 3.05) is 4.90 Å². The minimum absolute atomic E-state index is 0.00780. The Hall–Kier alpha value is -3.88. The summed E-state index contributed by atoms with van der Waals surface area (Å²) < 4.78 is 0. The summed E-state index contributed by atoms with van der Waals surface area (Å²) in [5.41, 5.74) is 10.9. The molecule has 0 bridgehead atoms. The smallest absolute Gasteiger partial charge is 0.162 e. The van der Waals surface area contributed by atoms with Gasteiger partial charge in [0.25, 0.3) is 0 Å². The Morgan fingerprint density at radius 3 is 2.42 bits per heavy atom. The lowest BCUT2D eigenvalue weighted by Crippen LogP contribution is -2.40. The van der Waals surface area contributed by atoms with Crippen molar-refractivity contribution in [2.24, 2.45) is 5.73 Å². The van der Waals surface area contributed by atoms with Crippen LogP contribution in [0.25, 0.3) is 0 Å². The summed E-state index contributed by atoms with van der Waals surface area (Å²) in [5.74, 6) is -0.244. The van der Waals surface area contributed by atoms with Gasteiger partial charge < -0.3 is 5.73 Å². The van der Waals surface area contributed by atoms with Crippen molar-refractivity contribution in [3.8, 4) is 6.07 Å². The molecule has 2 N–H and O–H groups in total. The van der Waals surface area contributed by atoms with Crippen LogP contribution in [-0.2, 0) is 4.79 Å². The van der Waals surface area contributed by atoms with Gasteiger partial charge in [0.1, 0.15) is 5.82 Å². The predicted molar refractivity (Wildman–Crippen MR) is 128 cm³/mol. The number of hydrogen-bond donors (Lipinski definition) is 1. The van der Waals surface area contributed by atoms with Crippen LogP contribution in [0.1, 0.15) is 35.8 Å². The molecule has 0 saturated carbocycles. The maximum absolute atomic E-state index is 13.7. The topological polar surface area (TPSA) is 83.0 Å². The number of nitriles is 1. The second-order valence-corrected chi connectivity index (χ2v) is 8.62. The van der Waals surface area contributed by atoms with Crippen LogP contribution in [0.5, 0.6) is 0 Å². The van der Waals surface area contributed by atoms with Crippen molar-refractivity contribution >= 4 is 23.1 Å². The average molecular weight is 453 g/mol. The lowest BCUT2D eigenvalue weighted by molar-refractivity contribution is -0.116. The van der Waals surface area contributed by atoms with Crippen LogP contribution >= 0.6 is 11.6 Å². The summed E-state index contributed by atoms with van der Waals surface area (Å²) in [5, 5.41) is 10.6. The normalized spacial score (nSPS) is 20.5. The van der Waals surface area contributed by atoms with E-state index in [1.165, 1.54) is 0 Å². The van der Waals surface area contributed by atoms with Crippen molar-refractivity contribution in [1.82, 2.24) is 4.98 Å². The molecule has 1 aromatic heterocycles. The molecule has 1 aliphatic carbocycles. The molecule has 0 radical (unpaired) electrons. The zero-order valence-electron chi connectivity index (χ0n) is 17.8. The van der Waals surface area contributed by atoms with Gasteiger partial charge in [-0.2, -0.15) is 5.26 Å². The number of anilines is 1. The molecule has 5 nitrogen and oxygen atoms in total. The van der Waals surface area contributed by atoms with E-state index in [9.17, 15) is 10.1 Å². The molecule has 2 atom stereocenters. The number of carbonyl (C=O) groups excluding carboxylic acids is 1. The van der Waals surface area contributed by atoms with Gasteiger partial charge in [-0.15, -0.1) is 0 Å². The minimum atomic E-state index is -0.554. The van der Waals surface area contributed by atoms with Crippen LogP contribution in [0.3, 0.4) is 0 Å². The third kappa shape index (κ3) is 3.59. The molecule has 0 spiro atoms. The fourth-order valence-electron chi connectivity index (χ4n) is 4.88. The Labute approximate surface area is 197 Å². The largest absolute Gasteiger partial charge is 0.384 e. The fraction of sp³-hybridized carbons (Fsp3) is 0.148. The Morgan fingerprint density at radius 2 is 1.73 bits per heavy atom. The van der Waals surface area contributed by atoms with Crippen molar-refractivity contribution in [1.29, 1.82) is 5.26 Å². The Bertz CT molecular complexity index is 1320. The van der Waals surface area contributed by atoms with E-state index in [0.29, 0.717) is 40.5 Å². The summed E-state index contributed by atoms with van der Waals surface area (Å²) in [7, 11) is 0. The van der Waals surface area contributed by atoms with Gasteiger partial charge in [-0.05, 0) is 41.7 Å². The number of para-hydroxylation sites is 1. The van der Waals surface area contributed by atoms with Crippen LogP contribution in [-0.4, -0.2) is 10.8 Å². The fourth-order valence-corrected chi connectivity index (χ4v) is 5.10. The highest BCUT2D eigenvalue weighted by atomic mass is 35.5. The third-order valence-corrected chi connectivity index (χ3v) is 6.67. The van der Waals surface area contributed by atoms with Crippen molar-refractivity contribution in [3.05, 3.63) is 118 Å². The van der Waals surface area contributed by atoms with Gasteiger partial charge in [0.15, 0.2) is 5.78 Å². The van der Waals surface area contributed by atoms with Gasteiger partial charge in [-0.1, -0.05) is 60.1 Å². The first-order valence-electron chi connectivity index (χ1n) is 10.8. The van der Waals surface area contributed by atoms with Gasteiger partial charge in [0.05, 0.1) is 28.3 Å². The molecule has 0 fully saturated rings. The molecule has 2 unspecified atom stereocenters. The number of nitrogens with zero attached hydrogens (tertiary/aromatic N) is 3. The number of benzene rings is 2. The monoisotopic (exact) mass is 452 g/mol. The number of Topliss-reactive ketones (excluding diaryl/α,β-unsaturated/α-hetero) is 1. The molecule has 2 heterocycles. The molecule has 2 aliphatic rings. The van der Waals surface area contributed by atoms with Gasteiger partial charge in [-0.25, -0.2) is 0 Å². The van der Waals surface area contributed by atoms with Crippen LogP contribution in [0.2, 0.25) is 5.02 Å². The predicted octanol–water partition coefficient (Wildman–Crippen LogP) is 5.43. The highest BCUT2D eigenvalue weighted by Gasteiger charge is 2.43. The van der Waals surface area contributed by atoms with E-state index in [4.69, 9.17) is 17.3 Å². The third-order valence-electron chi connectivity index (χ3n) is 6.35. The van der Waals surface area contributed by atoms with E-state index in [2.05, 4.69) is 11.1 Å². The lowest BCUT2D eigenvalue weighted by Gasteiger charge is -2.41. The first-order chi connectivity index (χ1) is 16.1. The van der Waals surface area contributed by atoms with Gasteiger partial charge >= 0.3 is 0 Å². The molecule has 162 valence electrons. The maximum atomic E-state index is 13.7. The second kappa shape index (κ2) is 8.57. The van der Waals surface area contributed by atoms with E-state index in [0.717, 1.165) is 16.8 Å². The minimum Gasteiger partial charge on any atom is -0.384 e. The number of aromatic nitrogens is 1. The summed E-state index contributed by atoms with van der Waals surface area (Å²) in [6, 6.07) is 23.3. The quantitative estimate of drug-likeness (QED) is 0.572. The molecule has 6 heteroatoms. The van der Waals surface area contributed by atoms with E-state index in [-0.39, 0.29) is 11.7 Å². The highest BCUT2D eigenvalue weighted by Crippen LogP contribution is 2.49. The number of hydrogen-bond acceptors (Lipinski definition) is 5. The first kappa shape index (κ1) is 21.0. The summed E-state index contributed by atoms with van der Waals surface area (Å²) in [6.45, 7) is 0. The number of allylic oxidation sites excluding steroid dienone is 3. The number of ketones is 1. The van der Waals surface area contributed by atoms with E-state index < -0.39 is 5.92 Å². The number of carbonyl (C=O) groups is 1. The molecule has 3 aromatic rings. The highest BCUT2D eigenvalue weighted by molar-refractivity contribution is 6.33. The average Bonchev–Trinajstić information content (AvgIpc) is 2.85. The second-order valence-electron chi connectivity index (χ2n) is 8.22. The van der Waals surface area contributed by atoms with E-state index in [1.54, 1.807) is 29.4 Å². The Balaban J connectivity index is 1.74. The zero-order chi connectivity index (χ0) is 22.9. The molecule has 1 aliphatic heterocycles. The molecule has 2 aromatic carbocycles. The lowest BCUT2D eigenvalue weighted by atomic mass is 9.72. The van der Waals surface area contributed by atoms with Crippen LogP contribution in [0.4, 0.5) is 5.69 Å². The first-order valence-corrected chi connectivity index (χ1v) is 11.1. The zero-order valence-corrected chi connectivity index (χ0v) is 18.5. The molecule has 0 amide bonds. The van der Waals surface area contributed by atoms with E-state index >= 15 is 0 Å². The molecule has 5 rings (SSSR count). The Kier molecular flexibility index (Phi) is 5.45. The molecule has 33 heavy (non-hydrogen) atoms. The summed E-state index contributed by atoms with van der Waals surface area (Å²) in [6.07, 6.45) is 4.34. The number of rotatable bonds is 3. The SMILES string of the molecule is N#CC1=C(N)N(c2ccccc2Cl)C2=C(C(=O)CC(c3ccccc3)C2)C1c1cccnc1. The standard InChI is InChI=1S/C27H21ClN4O/c28-21-10-4-5-11-22(21)32-23-13-19(17-7-2-1-3-8-17)14-24(33)26(23)25(20(15-29)27(32)30)18-9-6-12-31-16-18/h1-12,16,19,25H,13-14,30H2. The number of halogens is 1. The number of nitrogens with two attached hydrogens (primary N) is 1. The van der Waals surface area contributed by atoms with Crippen LogP contribution in [0.15, 0.2) is 102 Å².